The third-order valence-electron chi connectivity index (χ3n) is 5.06. The topological polar surface area (TPSA) is 26.3 Å². The van der Waals surface area contributed by atoms with Crippen molar-refractivity contribution >= 4 is 27.7 Å². The van der Waals surface area contributed by atoms with E-state index in [0.717, 1.165) is 29.3 Å². The number of ether oxygens (including phenoxy) is 1. The highest BCUT2D eigenvalue weighted by Gasteiger charge is 2.53. The number of benzene rings is 2. The Balaban J connectivity index is 1.80. The second kappa shape index (κ2) is 5.64. The number of halogens is 1. The van der Waals surface area contributed by atoms with Crippen LogP contribution in [-0.2, 0) is 9.53 Å². The molecule has 0 bridgehead atoms. The normalized spacial score (nSPS) is 22.2. The van der Waals surface area contributed by atoms with E-state index >= 15 is 0 Å². The molecule has 0 N–H and O–H groups in total. The molecule has 0 amide bonds. The zero-order valence-corrected chi connectivity index (χ0v) is 14.3. The van der Waals surface area contributed by atoms with Gasteiger partial charge in [0.15, 0.2) is 0 Å². The number of cyclic esters (lactones) is 1. The number of hydrogen-bond donors (Lipinski definition) is 0. The molecule has 4 rings (SSSR count). The van der Waals surface area contributed by atoms with Crippen molar-refractivity contribution in [1.29, 1.82) is 0 Å². The molecular weight excluding hydrogens is 352 g/mol. The van der Waals surface area contributed by atoms with Gasteiger partial charge in [-0.05, 0) is 36.6 Å². The molecule has 1 aliphatic heterocycles. The highest BCUT2D eigenvalue weighted by molar-refractivity contribution is 9.10. The Morgan fingerprint density at radius 2 is 1.70 bits per heavy atom. The van der Waals surface area contributed by atoms with Crippen LogP contribution in [0.25, 0.3) is 5.76 Å². The summed E-state index contributed by atoms with van der Waals surface area (Å²) in [6.45, 7) is 0. The molecule has 116 valence electrons. The van der Waals surface area contributed by atoms with Gasteiger partial charge in [0.1, 0.15) is 5.76 Å². The summed E-state index contributed by atoms with van der Waals surface area (Å²) in [6, 6.07) is 18.2. The Labute approximate surface area is 144 Å². The van der Waals surface area contributed by atoms with Gasteiger partial charge in [-0.3, -0.25) is 4.79 Å². The minimum absolute atomic E-state index is 0.0713. The van der Waals surface area contributed by atoms with Crippen molar-refractivity contribution in [2.24, 2.45) is 5.41 Å². The number of hydrogen-bond acceptors (Lipinski definition) is 2. The first-order valence-electron chi connectivity index (χ1n) is 7.94. The van der Waals surface area contributed by atoms with Gasteiger partial charge in [0.2, 0.25) is 0 Å². The molecule has 1 atom stereocenters. The van der Waals surface area contributed by atoms with E-state index in [1.54, 1.807) is 0 Å². The number of rotatable bonds is 2. The highest BCUT2D eigenvalue weighted by Crippen LogP contribution is 2.56. The molecule has 2 nitrogen and oxygen atoms in total. The average Bonchev–Trinajstić information content (AvgIpc) is 2.54. The van der Waals surface area contributed by atoms with Crippen molar-refractivity contribution in [3.8, 4) is 0 Å². The third-order valence-corrected chi connectivity index (χ3v) is 5.58. The van der Waals surface area contributed by atoms with Crippen LogP contribution in [0.4, 0.5) is 0 Å². The Kier molecular flexibility index (Phi) is 3.61. The van der Waals surface area contributed by atoms with Gasteiger partial charge in [0, 0.05) is 16.0 Å². The van der Waals surface area contributed by atoms with Gasteiger partial charge in [0.25, 0.3) is 0 Å². The van der Waals surface area contributed by atoms with Crippen LogP contribution in [0.3, 0.4) is 0 Å². The average molecular weight is 369 g/mol. The highest BCUT2D eigenvalue weighted by atomic mass is 79.9. The van der Waals surface area contributed by atoms with Gasteiger partial charge in [0.05, 0.1) is 5.41 Å². The van der Waals surface area contributed by atoms with Gasteiger partial charge >= 0.3 is 5.97 Å². The number of allylic oxidation sites excluding steroid dienone is 1. The zero-order valence-electron chi connectivity index (χ0n) is 12.7. The lowest BCUT2D eigenvalue weighted by molar-refractivity contribution is -0.156. The van der Waals surface area contributed by atoms with Gasteiger partial charge in [-0.15, -0.1) is 0 Å². The largest absolute Gasteiger partial charge is 0.426 e. The van der Waals surface area contributed by atoms with Crippen molar-refractivity contribution in [1.82, 2.24) is 0 Å². The first kappa shape index (κ1) is 14.7. The molecule has 1 heterocycles. The van der Waals surface area contributed by atoms with Crippen LogP contribution in [0.5, 0.6) is 0 Å². The summed E-state index contributed by atoms with van der Waals surface area (Å²) in [5, 5.41) is 0. The van der Waals surface area contributed by atoms with E-state index < -0.39 is 0 Å². The summed E-state index contributed by atoms with van der Waals surface area (Å²) in [6.07, 6.45) is 5.06. The molecule has 0 radical (unpaired) electrons. The molecule has 1 fully saturated rings. The van der Waals surface area contributed by atoms with Gasteiger partial charge in [-0.2, -0.15) is 0 Å². The van der Waals surface area contributed by atoms with Crippen LogP contribution >= 0.6 is 15.9 Å². The van der Waals surface area contributed by atoms with Gasteiger partial charge in [-0.25, -0.2) is 0 Å². The van der Waals surface area contributed by atoms with Crippen molar-refractivity contribution < 1.29 is 9.53 Å². The minimum atomic E-state index is -0.361. The minimum Gasteiger partial charge on any atom is -0.426 e. The lowest BCUT2D eigenvalue weighted by atomic mass is 9.58. The first-order valence-corrected chi connectivity index (χ1v) is 8.73. The molecule has 0 aromatic heterocycles. The molecule has 1 unspecified atom stereocenters. The Morgan fingerprint density at radius 1 is 1.00 bits per heavy atom. The van der Waals surface area contributed by atoms with E-state index in [2.05, 4.69) is 34.1 Å². The molecule has 2 aromatic carbocycles. The molecule has 2 aliphatic rings. The molecule has 1 aliphatic carbocycles. The molecule has 1 saturated carbocycles. The molecular formula is C20H17BrO2. The summed E-state index contributed by atoms with van der Waals surface area (Å²) in [5.41, 5.74) is 1.77. The van der Waals surface area contributed by atoms with E-state index in [-0.39, 0.29) is 17.3 Å². The Hall–Kier alpha value is -1.87. The molecule has 1 spiro atoms. The first-order chi connectivity index (χ1) is 11.2. The Bertz CT molecular complexity index is 758. The van der Waals surface area contributed by atoms with Gasteiger partial charge < -0.3 is 4.74 Å². The van der Waals surface area contributed by atoms with Crippen LogP contribution in [0, 0.1) is 5.41 Å². The van der Waals surface area contributed by atoms with Crippen molar-refractivity contribution in [3.63, 3.8) is 0 Å². The van der Waals surface area contributed by atoms with E-state index in [1.165, 1.54) is 5.56 Å². The van der Waals surface area contributed by atoms with E-state index in [9.17, 15) is 4.79 Å². The quantitative estimate of drug-likeness (QED) is 0.672. The summed E-state index contributed by atoms with van der Waals surface area (Å²) in [7, 11) is 0. The monoisotopic (exact) mass is 368 g/mol. The van der Waals surface area contributed by atoms with Crippen molar-refractivity contribution in [2.45, 2.75) is 25.2 Å². The predicted molar refractivity (Wildman–Crippen MR) is 93.7 cm³/mol. The number of esters is 1. The van der Waals surface area contributed by atoms with Crippen molar-refractivity contribution in [3.05, 3.63) is 76.3 Å². The molecule has 0 saturated heterocycles. The number of carbonyl (C=O) groups excluding carboxylic acids is 1. The lowest BCUT2D eigenvalue weighted by Crippen LogP contribution is -2.46. The summed E-state index contributed by atoms with van der Waals surface area (Å²) in [5.74, 6) is 0.698. The smallest absolute Gasteiger partial charge is 0.318 e. The molecule has 23 heavy (non-hydrogen) atoms. The summed E-state index contributed by atoms with van der Waals surface area (Å²) in [4.78, 5) is 12.8. The molecule has 2 aromatic rings. The van der Waals surface area contributed by atoms with E-state index in [4.69, 9.17) is 4.74 Å². The molecule has 3 heteroatoms. The van der Waals surface area contributed by atoms with Crippen LogP contribution in [-0.4, -0.2) is 5.97 Å². The van der Waals surface area contributed by atoms with E-state index in [1.807, 2.05) is 42.5 Å². The third kappa shape index (κ3) is 2.43. The SMILES string of the molecule is O=C1OC(c2ccc(Br)cc2)=CC(c2ccccc2)C12CCC2. The zero-order chi connectivity index (χ0) is 15.9. The van der Waals surface area contributed by atoms with Crippen molar-refractivity contribution in [2.75, 3.05) is 0 Å². The fourth-order valence-corrected chi connectivity index (χ4v) is 3.86. The standard InChI is InChI=1S/C20H17BrO2/c21-16-9-7-15(8-10-16)18-13-17(14-5-2-1-3-6-14)20(11-4-12-20)19(22)23-18/h1-3,5-10,13,17H,4,11-12H2. The fourth-order valence-electron chi connectivity index (χ4n) is 3.59. The maximum atomic E-state index is 12.8. The van der Waals surface area contributed by atoms with Crippen LogP contribution in [0.2, 0.25) is 0 Å². The summed E-state index contributed by atoms with van der Waals surface area (Å²) < 4.78 is 6.74. The van der Waals surface area contributed by atoms with Crippen LogP contribution in [0.15, 0.2) is 65.1 Å². The number of carbonyl (C=O) groups is 1. The fraction of sp³-hybridized carbons (Fsp3) is 0.250. The van der Waals surface area contributed by atoms with Crippen LogP contribution < -0.4 is 0 Å². The second-order valence-electron chi connectivity index (χ2n) is 6.33. The summed E-state index contributed by atoms with van der Waals surface area (Å²) >= 11 is 3.44. The maximum Gasteiger partial charge on any atom is 0.318 e. The van der Waals surface area contributed by atoms with E-state index in [0.29, 0.717) is 5.76 Å². The Morgan fingerprint density at radius 3 is 2.30 bits per heavy atom. The second-order valence-corrected chi connectivity index (χ2v) is 7.24. The predicted octanol–water partition coefficient (Wildman–Crippen LogP) is 5.30. The van der Waals surface area contributed by atoms with Gasteiger partial charge in [-0.1, -0.05) is 64.8 Å². The maximum absolute atomic E-state index is 12.8. The van der Waals surface area contributed by atoms with Crippen LogP contribution in [0.1, 0.15) is 36.3 Å². The lowest BCUT2D eigenvalue weighted by Gasteiger charge is -2.47.